The van der Waals surface area contributed by atoms with E-state index in [9.17, 15) is 4.79 Å². The van der Waals surface area contributed by atoms with Crippen molar-refractivity contribution in [3.8, 4) is 11.1 Å². The lowest BCUT2D eigenvalue weighted by atomic mass is 9.96. The first-order valence-electron chi connectivity index (χ1n) is 10.7. The zero-order valence-corrected chi connectivity index (χ0v) is 17.8. The lowest BCUT2D eigenvalue weighted by Gasteiger charge is -2.22. The molecule has 2 heterocycles. The molecule has 2 aliphatic rings. The van der Waals surface area contributed by atoms with Crippen molar-refractivity contribution in [3.63, 3.8) is 0 Å². The van der Waals surface area contributed by atoms with Crippen LogP contribution in [0.25, 0.3) is 11.1 Å². The van der Waals surface area contributed by atoms with E-state index in [-0.39, 0.29) is 24.2 Å². The number of hydrogen-bond acceptors (Lipinski definition) is 3. The van der Waals surface area contributed by atoms with Gasteiger partial charge in [-0.05, 0) is 74.1 Å². The van der Waals surface area contributed by atoms with Crippen LogP contribution in [0, 0.1) is 5.92 Å². The summed E-state index contributed by atoms with van der Waals surface area (Å²) in [6.07, 6.45) is 4.53. The zero-order chi connectivity index (χ0) is 19.2. The van der Waals surface area contributed by atoms with Crippen LogP contribution < -0.4 is 10.6 Å². The second kappa shape index (κ2) is 10.8. The SMILES string of the molecule is Cl.O=C(NCc1ccccc1-c1ccc(CN2CCCC2)cc1)C1CCNCC1. The van der Waals surface area contributed by atoms with Crippen molar-refractivity contribution in [2.45, 2.75) is 38.8 Å². The highest BCUT2D eigenvalue weighted by molar-refractivity contribution is 5.85. The summed E-state index contributed by atoms with van der Waals surface area (Å²) in [7, 11) is 0. The molecule has 29 heavy (non-hydrogen) atoms. The number of halogens is 1. The van der Waals surface area contributed by atoms with Gasteiger partial charge in [-0.3, -0.25) is 9.69 Å². The summed E-state index contributed by atoms with van der Waals surface area (Å²) in [5.74, 6) is 0.343. The standard InChI is InChI=1S/C24H31N3O.ClH/c28-24(21-11-13-25-14-12-21)26-17-22-5-1-2-6-23(22)20-9-7-19(8-10-20)18-27-15-3-4-16-27;/h1-2,5-10,21,25H,3-4,11-18H2,(H,26,28);1H. The third-order valence-electron chi connectivity index (χ3n) is 6.05. The third-order valence-corrected chi connectivity index (χ3v) is 6.05. The number of hydrogen-bond donors (Lipinski definition) is 2. The summed E-state index contributed by atoms with van der Waals surface area (Å²) < 4.78 is 0. The molecule has 4 nitrogen and oxygen atoms in total. The minimum Gasteiger partial charge on any atom is -0.352 e. The molecule has 5 heteroatoms. The molecule has 2 aromatic carbocycles. The lowest BCUT2D eigenvalue weighted by molar-refractivity contribution is -0.125. The van der Waals surface area contributed by atoms with Crippen LogP contribution >= 0.6 is 12.4 Å². The predicted molar refractivity (Wildman–Crippen MR) is 121 cm³/mol. The molecule has 0 saturated carbocycles. The molecule has 0 atom stereocenters. The van der Waals surface area contributed by atoms with E-state index in [1.165, 1.54) is 48.2 Å². The molecular formula is C24H32ClN3O. The van der Waals surface area contributed by atoms with Gasteiger partial charge < -0.3 is 10.6 Å². The maximum Gasteiger partial charge on any atom is 0.223 e. The fourth-order valence-corrected chi connectivity index (χ4v) is 4.36. The van der Waals surface area contributed by atoms with E-state index in [0.717, 1.165) is 32.5 Å². The van der Waals surface area contributed by atoms with Gasteiger partial charge in [0.25, 0.3) is 0 Å². The van der Waals surface area contributed by atoms with Crippen LogP contribution in [-0.4, -0.2) is 37.0 Å². The molecule has 0 spiro atoms. The van der Waals surface area contributed by atoms with Crippen LogP contribution in [0.15, 0.2) is 48.5 Å². The van der Waals surface area contributed by atoms with Gasteiger partial charge in [0.05, 0.1) is 0 Å². The van der Waals surface area contributed by atoms with Crippen molar-refractivity contribution in [1.82, 2.24) is 15.5 Å². The van der Waals surface area contributed by atoms with E-state index in [1.807, 2.05) is 0 Å². The minimum atomic E-state index is 0. The van der Waals surface area contributed by atoms with Gasteiger partial charge in [-0.2, -0.15) is 0 Å². The second-order valence-electron chi connectivity index (χ2n) is 8.08. The number of nitrogens with zero attached hydrogens (tertiary/aromatic N) is 1. The van der Waals surface area contributed by atoms with E-state index in [1.54, 1.807) is 0 Å². The number of nitrogens with one attached hydrogen (secondary N) is 2. The highest BCUT2D eigenvalue weighted by atomic mass is 35.5. The number of benzene rings is 2. The van der Waals surface area contributed by atoms with Gasteiger partial charge in [-0.1, -0.05) is 48.5 Å². The van der Waals surface area contributed by atoms with Crippen LogP contribution in [0.3, 0.4) is 0 Å². The first-order valence-corrected chi connectivity index (χ1v) is 10.7. The van der Waals surface area contributed by atoms with Gasteiger partial charge in [0.1, 0.15) is 0 Å². The zero-order valence-electron chi connectivity index (χ0n) is 17.0. The molecule has 0 aliphatic carbocycles. The van der Waals surface area contributed by atoms with Crippen molar-refractivity contribution in [3.05, 3.63) is 59.7 Å². The van der Waals surface area contributed by atoms with Gasteiger partial charge in [0.2, 0.25) is 5.91 Å². The Labute approximate surface area is 180 Å². The summed E-state index contributed by atoms with van der Waals surface area (Å²) in [5, 5.41) is 6.48. The van der Waals surface area contributed by atoms with Gasteiger partial charge in [-0.15, -0.1) is 12.4 Å². The molecule has 2 fully saturated rings. The molecule has 2 aliphatic heterocycles. The highest BCUT2D eigenvalue weighted by Gasteiger charge is 2.20. The predicted octanol–water partition coefficient (Wildman–Crippen LogP) is 3.99. The van der Waals surface area contributed by atoms with Crippen LogP contribution in [-0.2, 0) is 17.9 Å². The van der Waals surface area contributed by atoms with Gasteiger partial charge in [-0.25, -0.2) is 0 Å². The fourth-order valence-electron chi connectivity index (χ4n) is 4.36. The maximum absolute atomic E-state index is 12.5. The summed E-state index contributed by atoms with van der Waals surface area (Å²) in [6.45, 7) is 5.97. The van der Waals surface area contributed by atoms with Crippen LogP contribution in [0.1, 0.15) is 36.8 Å². The smallest absolute Gasteiger partial charge is 0.223 e. The Morgan fingerprint density at radius 2 is 1.69 bits per heavy atom. The topological polar surface area (TPSA) is 44.4 Å². The number of piperidine rings is 1. The Morgan fingerprint density at radius 3 is 2.41 bits per heavy atom. The average molecular weight is 414 g/mol. The Kier molecular flexibility index (Phi) is 8.10. The van der Waals surface area contributed by atoms with Crippen LogP contribution in [0.4, 0.5) is 0 Å². The lowest BCUT2D eigenvalue weighted by Crippen LogP contribution is -2.37. The van der Waals surface area contributed by atoms with Gasteiger partial charge >= 0.3 is 0 Å². The second-order valence-corrected chi connectivity index (χ2v) is 8.08. The molecule has 0 radical (unpaired) electrons. The molecule has 2 aromatic rings. The summed E-state index contributed by atoms with van der Waals surface area (Å²) in [5.41, 5.74) is 4.98. The van der Waals surface area contributed by atoms with Crippen LogP contribution in [0.2, 0.25) is 0 Å². The van der Waals surface area contributed by atoms with E-state index in [0.29, 0.717) is 6.54 Å². The van der Waals surface area contributed by atoms with Gasteiger partial charge in [0.15, 0.2) is 0 Å². The van der Waals surface area contributed by atoms with E-state index in [4.69, 9.17) is 0 Å². The van der Waals surface area contributed by atoms with Crippen molar-refractivity contribution < 1.29 is 4.79 Å². The maximum atomic E-state index is 12.5. The average Bonchev–Trinajstić information content (AvgIpc) is 3.26. The van der Waals surface area contributed by atoms with Crippen LogP contribution in [0.5, 0.6) is 0 Å². The summed E-state index contributed by atoms with van der Waals surface area (Å²) >= 11 is 0. The minimum absolute atomic E-state index is 0. The Morgan fingerprint density at radius 1 is 1.00 bits per heavy atom. The molecule has 0 aromatic heterocycles. The quantitative estimate of drug-likeness (QED) is 0.752. The van der Waals surface area contributed by atoms with Crippen molar-refractivity contribution in [2.75, 3.05) is 26.2 Å². The monoisotopic (exact) mass is 413 g/mol. The summed E-state index contributed by atoms with van der Waals surface area (Å²) in [4.78, 5) is 15.0. The Hall–Kier alpha value is -1.88. The molecule has 2 N–H and O–H groups in total. The Balaban J connectivity index is 0.00000240. The first-order chi connectivity index (χ1) is 13.8. The number of rotatable bonds is 6. The molecule has 156 valence electrons. The highest BCUT2D eigenvalue weighted by Crippen LogP contribution is 2.25. The number of likely N-dealkylation sites (tertiary alicyclic amines) is 1. The number of amides is 1. The molecular weight excluding hydrogens is 382 g/mol. The number of carbonyl (C=O) groups is 1. The molecule has 4 rings (SSSR count). The normalized spacial score (nSPS) is 17.7. The molecule has 0 bridgehead atoms. The van der Waals surface area contributed by atoms with E-state index in [2.05, 4.69) is 64.1 Å². The molecule has 2 saturated heterocycles. The Bertz CT molecular complexity index is 781. The van der Waals surface area contributed by atoms with Crippen molar-refractivity contribution >= 4 is 18.3 Å². The van der Waals surface area contributed by atoms with Crippen molar-refractivity contribution in [1.29, 1.82) is 0 Å². The number of carbonyl (C=O) groups excluding carboxylic acids is 1. The largest absolute Gasteiger partial charge is 0.352 e. The molecule has 0 unspecified atom stereocenters. The first kappa shape index (κ1) is 21.8. The van der Waals surface area contributed by atoms with Crippen molar-refractivity contribution in [2.24, 2.45) is 5.92 Å². The third kappa shape index (κ3) is 5.81. The van der Waals surface area contributed by atoms with E-state index < -0.39 is 0 Å². The fraction of sp³-hybridized carbons (Fsp3) is 0.458. The molecule has 1 amide bonds. The summed E-state index contributed by atoms with van der Waals surface area (Å²) in [6, 6.07) is 17.3. The van der Waals surface area contributed by atoms with Gasteiger partial charge in [0, 0.05) is 19.0 Å². The van der Waals surface area contributed by atoms with E-state index >= 15 is 0 Å².